The summed E-state index contributed by atoms with van der Waals surface area (Å²) < 4.78 is 1.90. The first-order valence-corrected chi connectivity index (χ1v) is 7.84. The molecule has 4 heteroatoms. The molecular formula is C17H25N3O. The van der Waals surface area contributed by atoms with Gasteiger partial charge in [-0.2, -0.15) is 5.26 Å². The topological polar surface area (TPSA) is 71.8 Å². The van der Waals surface area contributed by atoms with Crippen molar-refractivity contribution in [2.45, 2.75) is 65.0 Å². The van der Waals surface area contributed by atoms with Crippen molar-refractivity contribution in [1.29, 1.82) is 5.26 Å². The van der Waals surface area contributed by atoms with Gasteiger partial charge in [-0.15, -0.1) is 0 Å². The fourth-order valence-corrected chi connectivity index (χ4v) is 3.04. The summed E-state index contributed by atoms with van der Waals surface area (Å²) in [5.74, 6) is 0. The Labute approximate surface area is 126 Å². The Bertz CT molecular complexity index is 595. The van der Waals surface area contributed by atoms with Crippen LogP contribution in [-0.4, -0.2) is 4.57 Å². The molecule has 0 radical (unpaired) electrons. The van der Waals surface area contributed by atoms with E-state index in [1.54, 1.807) is 6.07 Å². The van der Waals surface area contributed by atoms with Gasteiger partial charge in [0.15, 0.2) is 0 Å². The van der Waals surface area contributed by atoms with Crippen LogP contribution in [0.1, 0.15) is 63.3 Å². The molecule has 1 unspecified atom stereocenters. The normalized spacial score (nSPS) is 18.1. The molecule has 1 heterocycles. The van der Waals surface area contributed by atoms with E-state index in [1.807, 2.05) is 24.5 Å². The van der Waals surface area contributed by atoms with Crippen molar-refractivity contribution in [2.24, 2.45) is 11.1 Å². The van der Waals surface area contributed by atoms with E-state index in [1.165, 1.54) is 0 Å². The maximum absolute atomic E-state index is 12.1. The summed E-state index contributed by atoms with van der Waals surface area (Å²) in [5.41, 5.74) is 8.20. The van der Waals surface area contributed by atoms with Crippen molar-refractivity contribution in [3.63, 3.8) is 0 Å². The quantitative estimate of drug-likeness (QED) is 0.846. The minimum atomic E-state index is -0.274. The lowest BCUT2D eigenvalue weighted by molar-refractivity contribution is 0.411. The second kappa shape index (κ2) is 6.44. The Morgan fingerprint density at radius 2 is 2.19 bits per heavy atom. The number of hydrogen-bond donors (Lipinski definition) is 1. The van der Waals surface area contributed by atoms with Gasteiger partial charge in [0, 0.05) is 24.3 Å². The number of nitriles is 1. The van der Waals surface area contributed by atoms with Gasteiger partial charge >= 0.3 is 0 Å². The third-order valence-electron chi connectivity index (χ3n) is 4.39. The van der Waals surface area contributed by atoms with E-state index < -0.39 is 0 Å². The molecule has 1 aromatic heterocycles. The van der Waals surface area contributed by atoms with Crippen LogP contribution in [0.25, 0.3) is 0 Å². The van der Waals surface area contributed by atoms with Gasteiger partial charge in [0.25, 0.3) is 5.56 Å². The second-order valence-corrected chi connectivity index (χ2v) is 6.68. The van der Waals surface area contributed by atoms with Crippen LogP contribution >= 0.6 is 0 Å². The smallest absolute Gasteiger partial charge is 0.250 e. The van der Waals surface area contributed by atoms with Crippen LogP contribution in [0.15, 0.2) is 16.9 Å². The van der Waals surface area contributed by atoms with Crippen LogP contribution in [0.4, 0.5) is 0 Å². The lowest BCUT2D eigenvalue weighted by atomic mass is 9.89. The van der Waals surface area contributed by atoms with Crippen LogP contribution in [0.5, 0.6) is 0 Å². The van der Waals surface area contributed by atoms with E-state index >= 15 is 0 Å². The summed E-state index contributed by atoms with van der Waals surface area (Å²) in [6.45, 7) is 4.65. The van der Waals surface area contributed by atoms with Gasteiger partial charge in [-0.25, -0.2) is 0 Å². The number of unbranched alkanes of at least 4 members (excludes halogenated alkanes) is 1. The SMILES string of the molecule is CC(C)(C#N)CCCCn1c2c(ccc1=O)C(N)CCC2. The van der Waals surface area contributed by atoms with E-state index in [0.29, 0.717) is 0 Å². The highest BCUT2D eigenvalue weighted by atomic mass is 16.1. The summed E-state index contributed by atoms with van der Waals surface area (Å²) >= 11 is 0. The molecule has 0 saturated carbocycles. The molecule has 0 spiro atoms. The van der Waals surface area contributed by atoms with Gasteiger partial charge < -0.3 is 10.3 Å². The molecule has 1 aliphatic rings. The predicted molar refractivity (Wildman–Crippen MR) is 83.8 cm³/mol. The molecule has 2 N–H and O–H groups in total. The van der Waals surface area contributed by atoms with Crippen molar-refractivity contribution < 1.29 is 0 Å². The lowest BCUT2D eigenvalue weighted by Crippen LogP contribution is -2.29. The van der Waals surface area contributed by atoms with Crippen LogP contribution in [-0.2, 0) is 13.0 Å². The molecule has 1 atom stereocenters. The van der Waals surface area contributed by atoms with Crippen LogP contribution < -0.4 is 11.3 Å². The Hall–Kier alpha value is -1.60. The monoisotopic (exact) mass is 287 g/mol. The van der Waals surface area contributed by atoms with Crippen LogP contribution in [0.3, 0.4) is 0 Å². The first kappa shape index (κ1) is 15.8. The Morgan fingerprint density at radius 3 is 2.90 bits per heavy atom. The zero-order chi connectivity index (χ0) is 15.5. The number of aromatic nitrogens is 1. The Balaban J connectivity index is 2.06. The average Bonchev–Trinajstić information content (AvgIpc) is 2.45. The summed E-state index contributed by atoms with van der Waals surface area (Å²) in [6, 6.07) is 5.93. The number of hydrogen-bond acceptors (Lipinski definition) is 3. The number of pyridine rings is 1. The molecule has 0 bridgehead atoms. The third kappa shape index (κ3) is 3.74. The molecule has 0 amide bonds. The zero-order valence-electron chi connectivity index (χ0n) is 13.1. The zero-order valence-corrected chi connectivity index (χ0v) is 13.1. The number of nitrogens with two attached hydrogens (primary N) is 1. The van der Waals surface area contributed by atoms with Gasteiger partial charge in [-0.1, -0.05) is 12.5 Å². The van der Waals surface area contributed by atoms with Crippen molar-refractivity contribution in [2.75, 3.05) is 0 Å². The fourth-order valence-electron chi connectivity index (χ4n) is 3.04. The second-order valence-electron chi connectivity index (χ2n) is 6.68. The molecular weight excluding hydrogens is 262 g/mol. The van der Waals surface area contributed by atoms with Gasteiger partial charge in [0.05, 0.1) is 11.5 Å². The van der Waals surface area contributed by atoms with Gasteiger partial charge in [-0.3, -0.25) is 4.79 Å². The van der Waals surface area contributed by atoms with E-state index in [-0.39, 0.29) is 17.0 Å². The fraction of sp³-hybridized carbons (Fsp3) is 0.647. The molecule has 0 aliphatic heterocycles. The first-order valence-electron chi connectivity index (χ1n) is 7.84. The molecule has 1 aromatic rings. The summed E-state index contributed by atoms with van der Waals surface area (Å²) in [4.78, 5) is 12.1. The molecule has 0 saturated heterocycles. The van der Waals surface area contributed by atoms with Crippen molar-refractivity contribution in [3.8, 4) is 6.07 Å². The van der Waals surface area contributed by atoms with Gasteiger partial charge in [0.2, 0.25) is 0 Å². The highest BCUT2D eigenvalue weighted by molar-refractivity contribution is 5.27. The minimum absolute atomic E-state index is 0.0677. The summed E-state index contributed by atoms with van der Waals surface area (Å²) in [7, 11) is 0. The van der Waals surface area contributed by atoms with Crippen LogP contribution in [0, 0.1) is 16.7 Å². The summed E-state index contributed by atoms with van der Waals surface area (Å²) in [5, 5.41) is 9.02. The van der Waals surface area contributed by atoms with Crippen molar-refractivity contribution >= 4 is 0 Å². The summed E-state index contributed by atoms with van der Waals surface area (Å²) in [6.07, 6.45) is 5.76. The molecule has 21 heavy (non-hydrogen) atoms. The standard InChI is InChI=1S/C17H25N3O/c1-17(2,12-18)10-3-4-11-20-15-7-5-6-14(19)13(15)8-9-16(20)21/h8-9,14H,3-7,10-11,19H2,1-2H3. The largest absolute Gasteiger partial charge is 0.324 e. The predicted octanol–water partition coefficient (Wildman–Crippen LogP) is 2.90. The minimum Gasteiger partial charge on any atom is -0.324 e. The molecule has 114 valence electrons. The first-order chi connectivity index (χ1) is 9.94. The van der Waals surface area contributed by atoms with Gasteiger partial charge in [0.1, 0.15) is 0 Å². The Kier molecular flexibility index (Phi) is 4.84. The maximum Gasteiger partial charge on any atom is 0.250 e. The Morgan fingerprint density at radius 1 is 1.43 bits per heavy atom. The molecule has 0 fully saturated rings. The van der Waals surface area contributed by atoms with Crippen LogP contribution in [0.2, 0.25) is 0 Å². The highest BCUT2D eigenvalue weighted by Crippen LogP contribution is 2.27. The molecule has 0 aromatic carbocycles. The average molecular weight is 287 g/mol. The van der Waals surface area contributed by atoms with E-state index in [2.05, 4.69) is 6.07 Å². The van der Waals surface area contributed by atoms with Crippen molar-refractivity contribution in [1.82, 2.24) is 4.57 Å². The molecule has 4 nitrogen and oxygen atoms in total. The number of fused-ring (bicyclic) bond motifs is 1. The maximum atomic E-state index is 12.1. The molecule has 1 aliphatic carbocycles. The van der Waals surface area contributed by atoms with E-state index in [4.69, 9.17) is 11.0 Å². The highest BCUT2D eigenvalue weighted by Gasteiger charge is 2.20. The lowest BCUT2D eigenvalue weighted by Gasteiger charge is -2.25. The van der Waals surface area contributed by atoms with E-state index in [9.17, 15) is 4.79 Å². The van der Waals surface area contributed by atoms with Gasteiger partial charge in [-0.05, 0) is 51.5 Å². The number of nitrogens with zero attached hydrogens (tertiary/aromatic N) is 2. The molecule has 2 rings (SSSR count). The third-order valence-corrected chi connectivity index (χ3v) is 4.39. The number of rotatable bonds is 5. The van der Waals surface area contributed by atoms with E-state index in [0.717, 1.165) is 56.3 Å². The van der Waals surface area contributed by atoms with Crippen molar-refractivity contribution in [3.05, 3.63) is 33.7 Å².